The van der Waals surface area contributed by atoms with Crippen molar-refractivity contribution in [2.75, 3.05) is 5.32 Å². The summed E-state index contributed by atoms with van der Waals surface area (Å²) in [5.74, 6) is -3.22. The van der Waals surface area contributed by atoms with Crippen molar-refractivity contribution < 1.29 is 33.0 Å². The van der Waals surface area contributed by atoms with Crippen LogP contribution in [0.2, 0.25) is 0 Å². The molecule has 32 heavy (non-hydrogen) atoms. The monoisotopic (exact) mass is 455 g/mol. The Morgan fingerprint density at radius 2 is 1.75 bits per heavy atom. The highest BCUT2D eigenvalue weighted by atomic mass is 19.1. The van der Waals surface area contributed by atoms with Crippen molar-refractivity contribution in [2.24, 2.45) is 0 Å². The van der Waals surface area contributed by atoms with Crippen LogP contribution >= 0.6 is 0 Å². The first-order chi connectivity index (χ1) is 15.1. The van der Waals surface area contributed by atoms with Gasteiger partial charge in [-0.25, -0.2) is 9.18 Å². The molecule has 1 amide bonds. The summed E-state index contributed by atoms with van der Waals surface area (Å²) in [6, 6.07) is 0. The molecule has 0 aliphatic carbocycles. The number of nitrogens with zero attached hydrogens (tertiary/aromatic N) is 2. The Kier molecular flexibility index (Phi) is 9.30. The maximum atomic E-state index is 14.6. The number of unbranched alkanes of at least 4 members (excludes halogenated alkanes) is 4. The van der Waals surface area contributed by atoms with E-state index in [1.807, 2.05) is 0 Å². The molecule has 1 saturated heterocycles. The largest absolute Gasteiger partial charge is 0.456 e. The number of ether oxygens (including phenoxy) is 3. The van der Waals surface area contributed by atoms with Crippen LogP contribution in [0.25, 0.3) is 0 Å². The van der Waals surface area contributed by atoms with Crippen LogP contribution in [-0.4, -0.2) is 45.7 Å². The summed E-state index contributed by atoms with van der Waals surface area (Å²) < 4.78 is 31.5. The summed E-state index contributed by atoms with van der Waals surface area (Å²) in [7, 11) is 0. The van der Waals surface area contributed by atoms with Crippen LogP contribution in [0.1, 0.15) is 72.4 Å². The van der Waals surface area contributed by atoms with E-state index in [0.717, 1.165) is 43.4 Å². The third kappa shape index (κ3) is 6.84. The minimum absolute atomic E-state index is 0.190. The Morgan fingerprint density at radius 1 is 1.12 bits per heavy atom. The van der Waals surface area contributed by atoms with Crippen LogP contribution < -0.4 is 11.0 Å². The number of nitrogens with one attached hydrogen (secondary N) is 1. The fourth-order valence-corrected chi connectivity index (χ4v) is 3.50. The number of rotatable bonds is 10. The van der Waals surface area contributed by atoms with Gasteiger partial charge in [0.15, 0.2) is 30.1 Å². The van der Waals surface area contributed by atoms with E-state index in [9.17, 15) is 23.6 Å². The highest BCUT2D eigenvalue weighted by Crippen LogP contribution is 2.33. The van der Waals surface area contributed by atoms with E-state index in [-0.39, 0.29) is 6.42 Å². The Bertz CT molecular complexity index is 889. The van der Waals surface area contributed by atoms with Crippen molar-refractivity contribution in [1.82, 2.24) is 9.55 Å². The minimum atomic E-state index is -1.27. The first-order valence-corrected chi connectivity index (χ1v) is 10.7. The maximum Gasteiger partial charge on any atom is 0.351 e. The van der Waals surface area contributed by atoms with E-state index in [1.54, 1.807) is 6.92 Å². The highest BCUT2D eigenvalue weighted by Gasteiger charge is 2.48. The zero-order valence-corrected chi connectivity index (χ0v) is 18.8. The Labute approximate surface area is 185 Å². The van der Waals surface area contributed by atoms with Crippen molar-refractivity contribution in [3.8, 4) is 0 Å². The minimum Gasteiger partial charge on any atom is -0.456 e. The van der Waals surface area contributed by atoms with Crippen LogP contribution in [0.3, 0.4) is 0 Å². The number of carbonyl (C=O) groups is 3. The second-order valence-electron chi connectivity index (χ2n) is 7.72. The molecule has 0 spiro atoms. The van der Waals surface area contributed by atoms with Crippen LogP contribution in [0, 0.1) is 5.82 Å². The lowest BCUT2D eigenvalue weighted by Crippen LogP contribution is -2.40. The van der Waals surface area contributed by atoms with E-state index < -0.39 is 59.7 Å². The second kappa shape index (κ2) is 11.7. The van der Waals surface area contributed by atoms with Crippen LogP contribution in [0.5, 0.6) is 0 Å². The number of aromatic nitrogens is 2. The summed E-state index contributed by atoms with van der Waals surface area (Å²) >= 11 is 0. The van der Waals surface area contributed by atoms with Gasteiger partial charge in [-0.2, -0.15) is 4.98 Å². The van der Waals surface area contributed by atoms with Gasteiger partial charge >= 0.3 is 17.6 Å². The molecule has 0 radical (unpaired) electrons. The molecule has 0 aromatic carbocycles. The van der Waals surface area contributed by atoms with Gasteiger partial charge < -0.3 is 19.5 Å². The lowest BCUT2D eigenvalue weighted by atomic mass is 10.1. The van der Waals surface area contributed by atoms with Crippen molar-refractivity contribution in [1.29, 1.82) is 0 Å². The molecule has 10 nitrogen and oxygen atoms in total. The van der Waals surface area contributed by atoms with Gasteiger partial charge in [0.2, 0.25) is 5.91 Å². The molecular weight excluding hydrogens is 425 g/mol. The Morgan fingerprint density at radius 3 is 2.38 bits per heavy atom. The first kappa shape index (κ1) is 25.4. The lowest BCUT2D eigenvalue weighted by molar-refractivity contribution is -0.165. The SMILES string of the molecule is CCCCCCCC(=O)Nc1nc(=O)n([C@@H]2O[C@H](C)[C@@H](OC(C)=O)[C@H]2OC(C)=O)cc1F. The van der Waals surface area contributed by atoms with Gasteiger partial charge in [0.25, 0.3) is 0 Å². The molecule has 2 rings (SSSR count). The normalized spacial score (nSPS) is 22.4. The molecule has 0 unspecified atom stereocenters. The van der Waals surface area contributed by atoms with Gasteiger partial charge in [-0.3, -0.25) is 19.0 Å². The number of carbonyl (C=O) groups excluding carboxylic acids is 3. The zero-order chi connectivity index (χ0) is 23.8. The predicted molar refractivity (Wildman–Crippen MR) is 111 cm³/mol. The third-order valence-electron chi connectivity index (χ3n) is 4.97. The van der Waals surface area contributed by atoms with Gasteiger partial charge in [0.1, 0.15) is 0 Å². The van der Waals surface area contributed by atoms with Gasteiger partial charge in [0.05, 0.1) is 12.3 Å². The van der Waals surface area contributed by atoms with Crippen molar-refractivity contribution in [2.45, 2.75) is 90.8 Å². The lowest BCUT2D eigenvalue weighted by Gasteiger charge is -2.23. The first-order valence-electron chi connectivity index (χ1n) is 10.7. The number of hydrogen-bond acceptors (Lipinski definition) is 8. The molecule has 1 aromatic rings. The summed E-state index contributed by atoms with van der Waals surface area (Å²) in [6.45, 7) is 5.98. The van der Waals surface area contributed by atoms with Crippen LogP contribution in [0.4, 0.5) is 10.2 Å². The molecule has 0 saturated carbocycles. The molecule has 1 N–H and O–H groups in total. The maximum absolute atomic E-state index is 14.6. The number of hydrogen-bond donors (Lipinski definition) is 1. The number of amides is 1. The fraction of sp³-hybridized carbons (Fsp3) is 0.667. The number of halogens is 1. The van der Waals surface area contributed by atoms with Crippen LogP contribution in [0.15, 0.2) is 11.0 Å². The van der Waals surface area contributed by atoms with Gasteiger partial charge in [-0.15, -0.1) is 0 Å². The second-order valence-corrected chi connectivity index (χ2v) is 7.72. The topological polar surface area (TPSA) is 126 Å². The third-order valence-corrected chi connectivity index (χ3v) is 4.97. The average Bonchev–Trinajstić information content (AvgIpc) is 2.98. The quantitative estimate of drug-likeness (QED) is 0.421. The molecule has 1 aromatic heterocycles. The van der Waals surface area contributed by atoms with Crippen molar-refractivity contribution >= 4 is 23.7 Å². The summed E-state index contributed by atoms with van der Waals surface area (Å²) in [5.41, 5.74) is -0.928. The molecule has 1 aliphatic rings. The van der Waals surface area contributed by atoms with Gasteiger partial charge in [-0.05, 0) is 13.3 Å². The number of anilines is 1. The molecule has 11 heteroatoms. The molecule has 4 atom stereocenters. The van der Waals surface area contributed by atoms with E-state index in [0.29, 0.717) is 6.42 Å². The predicted octanol–water partition coefficient (Wildman–Crippen LogP) is 2.46. The Balaban J connectivity index is 2.17. The molecule has 1 fully saturated rings. The van der Waals surface area contributed by atoms with Crippen molar-refractivity contribution in [3.63, 3.8) is 0 Å². The Hall–Kier alpha value is -2.82. The van der Waals surface area contributed by atoms with E-state index in [4.69, 9.17) is 14.2 Å². The van der Waals surface area contributed by atoms with E-state index in [2.05, 4.69) is 17.2 Å². The van der Waals surface area contributed by atoms with Gasteiger partial charge in [0, 0.05) is 20.3 Å². The summed E-state index contributed by atoms with van der Waals surface area (Å²) in [4.78, 5) is 51.2. The fourth-order valence-electron chi connectivity index (χ4n) is 3.50. The summed E-state index contributed by atoms with van der Waals surface area (Å²) in [6.07, 6.45) is 1.54. The molecule has 2 heterocycles. The van der Waals surface area contributed by atoms with Crippen molar-refractivity contribution in [3.05, 3.63) is 22.5 Å². The van der Waals surface area contributed by atoms with E-state index in [1.165, 1.54) is 6.92 Å². The smallest absolute Gasteiger partial charge is 0.351 e. The number of esters is 2. The van der Waals surface area contributed by atoms with Gasteiger partial charge in [-0.1, -0.05) is 32.6 Å². The average molecular weight is 455 g/mol. The standard InChI is InChI=1S/C21H30FN3O7/c1-5-6-7-8-9-10-16(28)23-19-15(22)11-25(21(29)24-19)20-18(32-14(4)27)17(12(2)30-20)31-13(3)26/h11-12,17-18,20H,5-10H2,1-4H3,(H,23,24,28,29)/t12-,17-,18-,20-/m1/s1. The molecular formula is C21H30FN3O7. The molecule has 1 aliphatic heterocycles. The molecule has 178 valence electrons. The molecule has 0 bridgehead atoms. The van der Waals surface area contributed by atoms with E-state index >= 15 is 0 Å². The zero-order valence-electron chi connectivity index (χ0n) is 18.8. The van der Waals surface area contributed by atoms with Crippen LogP contribution in [-0.2, 0) is 28.6 Å². The summed E-state index contributed by atoms with van der Waals surface area (Å²) in [5, 5.41) is 2.31. The highest BCUT2D eigenvalue weighted by molar-refractivity contribution is 5.89.